The van der Waals surface area contributed by atoms with Crippen molar-refractivity contribution in [1.82, 2.24) is 0 Å². The molecule has 0 spiro atoms. The van der Waals surface area contributed by atoms with E-state index < -0.39 is 0 Å². The van der Waals surface area contributed by atoms with Gasteiger partial charge in [-0.15, -0.1) is 0 Å². The second kappa shape index (κ2) is 12.1. The summed E-state index contributed by atoms with van der Waals surface area (Å²) in [6, 6.07) is 72.1. The van der Waals surface area contributed by atoms with Crippen LogP contribution in [0.4, 0.5) is 0 Å². The van der Waals surface area contributed by atoms with E-state index in [9.17, 15) is 0 Å². The van der Waals surface area contributed by atoms with E-state index in [1.165, 1.54) is 110 Å². The molecular formula is C55H38. The van der Waals surface area contributed by atoms with Gasteiger partial charge in [-0.3, -0.25) is 0 Å². The maximum atomic E-state index is 2.46. The molecule has 0 radical (unpaired) electrons. The topological polar surface area (TPSA) is 0 Å². The minimum atomic E-state index is -0.134. The van der Waals surface area contributed by atoms with Gasteiger partial charge in [-0.2, -0.15) is 0 Å². The van der Waals surface area contributed by atoms with Crippen LogP contribution in [0.15, 0.2) is 194 Å². The number of rotatable bonds is 4. The first kappa shape index (κ1) is 31.7. The molecule has 10 aromatic carbocycles. The Labute approximate surface area is 322 Å². The molecule has 0 fully saturated rings. The van der Waals surface area contributed by atoms with Crippen LogP contribution < -0.4 is 0 Å². The van der Waals surface area contributed by atoms with Gasteiger partial charge in [0.1, 0.15) is 0 Å². The van der Waals surface area contributed by atoms with Crippen LogP contribution in [0, 0.1) is 0 Å². The largest absolute Gasteiger partial charge is 0.0622 e. The first-order valence-electron chi connectivity index (χ1n) is 19.3. The van der Waals surface area contributed by atoms with Crippen molar-refractivity contribution in [3.63, 3.8) is 0 Å². The van der Waals surface area contributed by atoms with Crippen LogP contribution >= 0.6 is 0 Å². The van der Waals surface area contributed by atoms with E-state index in [4.69, 9.17) is 0 Å². The summed E-state index contributed by atoms with van der Waals surface area (Å²) in [7, 11) is 0. The van der Waals surface area contributed by atoms with E-state index in [2.05, 4.69) is 208 Å². The van der Waals surface area contributed by atoms with Gasteiger partial charge in [-0.1, -0.05) is 172 Å². The molecule has 0 atom stereocenters. The molecule has 0 heteroatoms. The minimum Gasteiger partial charge on any atom is -0.0622 e. The zero-order valence-electron chi connectivity index (χ0n) is 31.0. The van der Waals surface area contributed by atoms with Gasteiger partial charge in [0, 0.05) is 5.41 Å². The van der Waals surface area contributed by atoms with Crippen LogP contribution in [0.25, 0.3) is 98.7 Å². The molecule has 1 aliphatic carbocycles. The van der Waals surface area contributed by atoms with E-state index in [-0.39, 0.29) is 5.41 Å². The van der Waals surface area contributed by atoms with E-state index in [1.807, 2.05) is 0 Å². The predicted molar refractivity (Wildman–Crippen MR) is 236 cm³/mol. The lowest BCUT2D eigenvalue weighted by Gasteiger charge is -2.23. The molecule has 0 unspecified atom stereocenters. The Bertz CT molecular complexity index is 3150. The van der Waals surface area contributed by atoms with Crippen molar-refractivity contribution in [3.05, 3.63) is 205 Å². The summed E-state index contributed by atoms with van der Waals surface area (Å²) in [5.74, 6) is 0. The summed E-state index contributed by atoms with van der Waals surface area (Å²) < 4.78 is 0. The molecule has 0 saturated heterocycles. The SMILES string of the molecule is CC1(C)c2cc(-c3ccc(-c4ccccc4)c4ccccc34)ccc2-c2cc3cc4ccc(-c5ccc(-c6ccccc6)c6ccccc56)cc4cc3cc21. The Morgan fingerprint density at radius 2 is 0.655 bits per heavy atom. The zero-order chi connectivity index (χ0) is 36.7. The van der Waals surface area contributed by atoms with Gasteiger partial charge >= 0.3 is 0 Å². The monoisotopic (exact) mass is 698 g/mol. The molecule has 0 saturated carbocycles. The van der Waals surface area contributed by atoms with Gasteiger partial charge in [0.2, 0.25) is 0 Å². The van der Waals surface area contributed by atoms with Crippen molar-refractivity contribution in [2.24, 2.45) is 0 Å². The fourth-order valence-electron chi connectivity index (χ4n) is 9.41. The van der Waals surface area contributed by atoms with Crippen LogP contribution in [-0.4, -0.2) is 0 Å². The first-order valence-corrected chi connectivity index (χ1v) is 19.3. The second-order valence-corrected chi connectivity index (χ2v) is 15.7. The second-order valence-electron chi connectivity index (χ2n) is 15.7. The third-order valence-electron chi connectivity index (χ3n) is 12.2. The van der Waals surface area contributed by atoms with Gasteiger partial charge in [0.15, 0.2) is 0 Å². The molecule has 10 aromatic rings. The Hall–Kier alpha value is -6.76. The van der Waals surface area contributed by atoms with Crippen molar-refractivity contribution in [2.45, 2.75) is 19.3 Å². The highest BCUT2D eigenvalue weighted by Crippen LogP contribution is 2.51. The fraction of sp³-hybridized carbons (Fsp3) is 0.0545. The van der Waals surface area contributed by atoms with Crippen LogP contribution in [0.1, 0.15) is 25.0 Å². The predicted octanol–water partition coefficient (Wildman–Crippen LogP) is 15.3. The quantitative estimate of drug-likeness (QED) is 0.161. The van der Waals surface area contributed by atoms with Gasteiger partial charge in [-0.25, -0.2) is 0 Å². The highest BCUT2D eigenvalue weighted by Gasteiger charge is 2.36. The van der Waals surface area contributed by atoms with Crippen LogP contribution in [0.5, 0.6) is 0 Å². The number of benzene rings is 10. The molecule has 0 amide bonds. The third kappa shape index (κ3) is 4.99. The number of fused-ring (bicyclic) bond motifs is 7. The van der Waals surface area contributed by atoms with Crippen molar-refractivity contribution in [1.29, 1.82) is 0 Å². The highest BCUT2D eigenvalue weighted by molar-refractivity contribution is 6.08. The first-order chi connectivity index (χ1) is 27.0. The molecular weight excluding hydrogens is 661 g/mol. The summed E-state index contributed by atoms with van der Waals surface area (Å²) in [4.78, 5) is 0. The standard InChI is InChI=1S/C55H38/c1-55(2)53-33-39(46-28-26-44(36-15-7-4-8-16-36)48-18-10-12-20-50(46)48)23-24-51(53)52-32-41-29-37-21-22-38(30-40(37)31-42(41)34-54(52)55)45-27-25-43(35-13-5-3-6-14-35)47-17-9-11-19-49(45)47/h3-34H,1-2H3. The molecule has 11 rings (SSSR count). The number of hydrogen-bond donors (Lipinski definition) is 0. The zero-order valence-corrected chi connectivity index (χ0v) is 31.0. The molecule has 0 nitrogen and oxygen atoms in total. The molecule has 0 heterocycles. The average Bonchev–Trinajstić information content (AvgIpc) is 3.45. The van der Waals surface area contributed by atoms with Crippen molar-refractivity contribution >= 4 is 43.1 Å². The molecule has 0 aliphatic heterocycles. The van der Waals surface area contributed by atoms with Crippen LogP contribution in [-0.2, 0) is 5.41 Å². The van der Waals surface area contributed by atoms with Crippen LogP contribution in [0.2, 0.25) is 0 Å². The summed E-state index contributed by atoms with van der Waals surface area (Å²) in [5.41, 5.74) is 15.4. The normalized spacial score (nSPS) is 13.1. The smallest absolute Gasteiger partial charge is 0.0159 e. The minimum absolute atomic E-state index is 0.134. The van der Waals surface area contributed by atoms with Gasteiger partial charge in [-0.05, 0) is 146 Å². The molecule has 1 aliphatic rings. The van der Waals surface area contributed by atoms with E-state index in [0.717, 1.165) is 0 Å². The molecule has 258 valence electrons. The third-order valence-corrected chi connectivity index (χ3v) is 12.2. The highest BCUT2D eigenvalue weighted by atomic mass is 14.4. The van der Waals surface area contributed by atoms with Gasteiger partial charge in [0.25, 0.3) is 0 Å². The van der Waals surface area contributed by atoms with Crippen LogP contribution in [0.3, 0.4) is 0 Å². The lowest BCUT2D eigenvalue weighted by atomic mass is 9.80. The van der Waals surface area contributed by atoms with Gasteiger partial charge < -0.3 is 0 Å². The van der Waals surface area contributed by atoms with Crippen molar-refractivity contribution in [2.75, 3.05) is 0 Å². The number of hydrogen-bond acceptors (Lipinski definition) is 0. The summed E-state index contributed by atoms with van der Waals surface area (Å²) in [6.07, 6.45) is 0. The Morgan fingerprint density at radius 1 is 0.255 bits per heavy atom. The summed E-state index contributed by atoms with van der Waals surface area (Å²) >= 11 is 0. The van der Waals surface area contributed by atoms with E-state index in [1.54, 1.807) is 0 Å². The molecule has 0 aromatic heterocycles. The Morgan fingerprint density at radius 3 is 1.22 bits per heavy atom. The molecule has 0 bridgehead atoms. The summed E-state index contributed by atoms with van der Waals surface area (Å²) in [5, 5.41) is 10.2. The average molecular weight is 699 g/mol. The summed E-state index contributed by atoms with van der Waals surface area (Å²) in [6.45, 7) is 4.79. The molecule has 0 N–H and O–H groups in total. The van der Waals surface area contributed by atoms with E-state index >= 15 is 0 Å². The lowest BCUT2D eigenvalue weighted by Crippen LogP contribution is -2.15. The Balaban J connectivity index is 0.999. The maximum absolute atomic E-state index is 2.46. The fourth-order valence-corrected chi connectivity index (χ4v) is 9.41. The van der Waals surface area contributed by atoms with Gasteiger partial charge in [0.05, 0.1) is 0 Å². The van der Waals surface area contributed by atoms with E-state index in [0.29, 0.717) is 0 Å². The van der Waals surface area contributed by atoms with Crippen molar-refractivity contribution < 1.29 is 0 Å². The Kier molecular flexibility index (Phi) is 7.00. The maximum Gasteiger partial charge on any atom is 0.0159 e. The lowest BCUT2D eigenvalue weighted by molar-refractivity contribution is 0.661. The molecule has 55 heavy (non-hydrogen) atoms. The van der Waals surface area contributed by atoms with Crippen molar-refractivity contribution in [3.8, 4) is 55.6 Å².